The number of unbranched alkanes of at least 4 members (excludes halogenated alkanes) is 4. The molecule has 0 rings (SSSR count). The number of hydrogen-bond acceptors (Lipinski definition) is 3. The molecule has 0 aliphatic rings. The molecule has 1 amide bonds. The van der Waals surface area contributed by atoms with Crippen LogP contribution in [0.15, 0.2) is 48.6 Å². The van der Waals surface area contributed by atoms with Gasteiger partial charge in [0.15, 0.2) is 0 Å². The van der Waals surface area contributed by atoms with Crippen LogP contribution in [0.5, 0.6) is 0 Å². The average molecular weight is 379 g/mol. The lowest BCUT2D eigenvalue weighted by atomic mass is 9.68. The van der Waals surface area contributed by atoms with Crippen molar-refractivity contribution in [3.05, 3.63) is 48.6 Å². The van der Waals surface area contributed by atoms with E-state index in [0.29, 0.717) is 12.8 Å². The van der Waals surface area contributed by atoms with E-state index in [1.807, 2.05) is 12.2 Å². The van der Waals surface area contributed by atoms with Crippen LogP contribution in [0.2, 0.25) is 5.31 Å². The van der Waals surface area contributed by atoms with E-state index in [9.17, 15) is 15.0 Å². The van der Waals surface area contributed by atoms with Gasteiger partial charge in [0.05, 0.1) is 18.8 Å². The van der Waals surface area contributed by atoms with Gasteiger partial charge in [-0.15, -0.1) is 0 Å². The van der Waals surface area contributed by atoms with Gasteiger partial charge < -0.3 is 15.9 Å². The molecule has 0 spiro atoms. The van der Waals surface area contributed by atoms with Crippen LogP contribution in [0, 0.1) is 0 Å². The number of hydrogen-bond donors (Lipinski definition) is 3. The number of carbonyl (C=O) groups excluding carboxylic acids is 1. The molecule has 28 heavy (non-hydrogen) atoms. The van der Waals surface area contributed by atoms with E-state index in [1.165, 1.54) is 30.7 Å². The Morgan fingerprint density at radius 1 is 0.857 bits per heavy atom. The Balaban J connectivity index is 4.71. The summed E-state index contributed by atoms with van der Waals surface area (Å²) in [5.41, 5.74) is 1.46. The topological polar surface area (TPSA) is 83.6 Å². The Hall–Kier alpha value is -1.46. The maximum atomic E-state index is 10.7. The van der Waals surface area contributed by atoms with E-state index >= 15 is 0 Å². The van der Waals surface area contributed by atoms with E-state index in [0.717, 1.165) is 19.3 Å². The van der Waals surface area contributed by atoms with Gasteiger partial charge in [-0.25, -0.2) is 0 Å². The highest BCUT2D eigenvalue weighted by Crippen LogP contribution is 2.26. The minimum absolute atomic E-state index is 0.265. The van der Waals surface area contributed by atoms with E-state index < -0.39 is 16.3 Å². The Morgan fingerprint density at radius 3 is 1.93 bits per heavy atom. The zero-order chi connectivity index (χ0) is 21.7. The van der Waals surface area contributed by atoms with Crippen LogP contribution >= 0.6 is 0 Å². The van der Waals surface area contributed by atoms with Crippen molar-refractivity contribution in [2.75, 3.05) is 0 Å². The monoisotopic (exact) mass is 379 g/mol. The maximum Gasteiger partial charge on any atom is 0.217 e. The molecule has 4 N–H and O–H groups in total. The highest BCUT2D eigenvalue weighted by Gasteiger charge is 2.18. The molecule has 0 fully saturated rings. The first kappa shape index (κ1) is 26.5. The highest BCUT2D eigenvalue weighted by molar-refractivity contribution is 6.20. The molecule has 0 heterocycles. The van der Waals surface area contributed by atoms with Gasteiger partial charge in [0.1, 0.15) is 15.7 Å². The normalized spacial score (nSPS) is 19.3. The summed E-state index contributed by atoms with van der Waals surface area (Å²) in [5.74, 6) is -0.376. The molecule has 4 nitrogen and oxygen atoms in total. The second-order valence-electron chi connectivity index (χ2n) is 7.47. The van der Waals surface area contributed by atoms with Crippen LogP contribution in [0.4, 0.5) is 0 Å². The second kappa shape index (κ2) is 12.9. The number of carbonyl (C=O) groups is 1. The summed E-state index contributed by atoms with van der Waals surface area (Å²) in [6, 6.07) is 0. The van der Waals surface area contributed by atoms with Gasteiger partial charge in [0.25, 0.3) is 0 Å². The SMILES string of the molecule is [B]C(C)(/C=C\CCCCC)/C=C\C([B])(O)/C=C\C([B])(O)/C=C\CCCC(N)=O. The van der Waals surface area contributed by atoms with Gasteiger partial charge in [0.2, 0.25) is 5.91 Å². The number of allylic oxidation sites excluding steroid dienone is 4. The first-order chi connectivity index (χ1) is 12.9. The summed E-state index contributed by atoms with van der Waals surface area (Å²) in [5, 5.41) is 19.6. The van der Waals surface area contributed by atoms with Crippen LogP contribution < -0.4 is 5.73 Å². The fourth-order valence-corrected chi connectivity index (χ4v) is 2.26. The molecule has 3 atom stereocenters. The fraction of sp³-hybridized carbons (Fsp3) is 0.571. The molecule has 0 saturated heterocycles. The zero-order valence-corrected chi connectivity index (χ0v) is 17.2. The molecule has 7 heteroatoms. The number of primary amides is 1. The van der Waals surface area contributed by atoms with Gasteiger partial charge in [-0.05, 0) is 31.0 Å². The Labute approximate surface area is 174 Å². The minimum Gasteiger partial charge on any atom is -0.392 e. The molecule has 0 aromatic carbocycles. The standard InChI is InChI=1S/C21H32B3NO3/c1-3-4-5-6-9-12-19(2,22)14-15-21(24,28)17-16-20(23,27)13-10-7-8-11-18(25)26/h9-10,12-17,27-28H,3-8,11H2,1-2H3,(H2,25,26)/b12-9-,13-10-,15-14-,17-16-. The molecule has 0 aromatic rings. The first-order valence-electron chi connectivity index (χ1n) is 9.75. The van der Waals surface area contributed by atoms with E-state index in [1.54, 1.807) is 19.1 Å². The van der Waals surface area contributed by atoms with Gasteiger partial charge in [-0.1, -0.05) is 75.3 Å². The predicted molar refractivity (Wildman–Crippen MR) is 119 cm³/mol. The molecular weight excluding hydrogens is 347 g/mol. The summed E-state index contributed by atoms with van der Waals surface area (Å²) in [7, 11) is 17.7. The number of nitrogens with two attached hydrogens (primary N) is 1. The van der Waals surface area contributed by atoms with Crippen molar-refractivity contribution < 1.29 is 15.0 Å². The van der Waals surface area contributed by atoms with E-state index in [2.05, 4.69) is 6.92 Å². The van der Waals surface area contributed by atoms with Crippen molar-refractivity contribution >= 4 is 29.4 Å². The van der Waals surface area contributed by atoms with Crippen molar-refractivity contribution in [2.45, 2.75) is 75.1 Å². The van der Waals surface area contributed by atoms with Gasteiger partial charge >= 0.3 is 0 Å². The van der Waals surface area contributed by atoms with Crippen molar-refractivity contribution in [2.24, 2.45) is 5.73 Å². The van der Waals surface area contributed by atoms with Crippen molar-refractivity contribution in [1.29, 1.82) is 0 Å². The Bertz CT molecular complexity index is 579. The zero-order valence-electron chi connectivity index (χ0n) is 17.2. The third-order valence-corrected chi connectivity index (χ3v) is 3.96. The number of aliphatic hydroxyl groups is 2. The molecule has 0 saturated carbocycles. The summed E-state index contributed by atoms with van der Waals surface area (Å²) < 4.78 is 0. The summed E-state index contributed by atoms with van der Waals surface area (Å²) >= 11 is 0. The Morgan fingerprint density at radius 2 is 1.36 bits per heavy atom. The molecule has 3 unspecified atom stereocenters. The molecule has 0 aliphatic heterocycles. The van der Waals surface area contributed by atoms with Gasteiger partial charge in [-0.3, -0.25) is 4.79 Å². The van der Waals surface area contributed by atoms with Crippen molar-refractivity contribution in [1.82, 2.24) is 0 Å². The Kier molecular flexibility index (Phi) is 12.2. The molecule has 0 aromatic heterocycles. The molecule has 148 valence electrons. The van der Waals surface area contributed by atoms with Gasteiger partial charge in [0, 0.05) is 6.42 Å². The van der Waals surface area contributed by atoms with Crippen LogP contribution in [-0.2, 0) is 4.79 Å². The fourth-order valence-electron chi connectivity index (χ4n) is 2.26. The molecule has 6 radical (unpaired) electrons. The summed E-state index contributed by atoms with van der Waals surface area (Å²) in [4.78, 5) is 10.7. The van der Waals surface area contributed by atoms with Crippen LogP contribution in [0.25, 0.3) is 0 Å². The third-order valence-electron chi connectivity index (χ3n) is 3.96. The number of rotatable bonds is 14. The van der Waals surface area contributed by atoms with Crippen molar-refractivity contribution in [3.63, 3.8) is 0 Å². The second-order valence-corrected chi connectivity index (χ2v) is 7.47. The van der Waals surface area contributed by atoms with E-state index in [-0.39, 0.29) is 12.3 Å². The smallest absolute Gasteiger partial charge is 0.217 e. The third kappa shape index (κ3) is 15.6. The molecule has 0 aliphatic carbocycles. The molecular formula is C21H32B3NO3. The lowest BCUT2D eigenvalue weighted by Crippen LogP contribution is -2.28. The largest absolute Gasteiger partial charge is 0.392 e. The van der Waals surface area contributed by atoms with Gasteiger partial charge in [-0.2, -0.15) is 0 Å². The predicted octanol–water partition coefficient (Wildman–Crippen LogP) is 2.51. The van der Waals surface area contributed by atoms with Crippen LogP contribution in [0.3, 0.4) is 0 Å². The van der Waals surface area contributed by atoms with Crippen LogP contribution in [0.1, 0.15) is 58.8 Å². The quantitative estimate of drug-likeness (QED) is 0.247. The average Bonchev–Trinajstić information content (AvgIpc) is 2.58. The summed E-state index contributed by atoms with van der Waals surface area (Å²) in [6.45, 7) is 3.95. The summed E-state index contributed by atoms with van der Waals surface area (Å²) in [6.07, 6.45) is 18.0. The number of amides is 1. The highest BCUT2D eigenvalue weighted by atomic mass is 16.3. The van der Waals surface area contributed by atoms with Crippen molar-refractivity contribution in [3.8, 4) is 0 Å². The first-order valence-corrected chi connectivity index (χ1v) is 9.75. The lowest BCUT2D eigenvalue weighted by Gasteiger charge is -2.22. The van der Waals surface area contributed by atoms with Crippen LogP contribution in [-0.4, -0.2) is 50.7 Å². The van der Waals surface area contributed by atoms with E-state index in [4.69, 9.17) is 29.3 Å². The minimum atomic E-state index is -1.82. The lowest BCUT2D eigenvalue weighted by molar-refractivity contribution is -0.118. The molecule has 0 bridgehead atoms. The maximum absolute atomic E-state index is 10.7.